The number of carbonyl (C=O) groups excluding carboxylic acids is 1. The summed E-state index contributed by atoms with van der Waals surface area (Å²) in [5.41, 5.74) is 3.24. The highest BCUT2D eigenvalue weighted by atomic mass is 32.1. The summed E-state index contributed by atoms with van der Waals surface area (Å²) in [6.45, 7) is 0. The number of halogens is 1. The minimum Gasteiger partial charge on any atom is -0.463 e. The van der Waals surface area contributed by atoms with Crippen LogP contribution in [-0.4, -0.2) is 17.1 Å². The molecule has 4 aromatic carbocycles. The van der Waals surface area contributed by atoms with Gasteiger partial charge < -0.3 is 4.42 Å². The van der Waals surface area contributed by atoms with Gasteiger partial charge in [-0.3, -0.25) is 9.59 Å². The molecule has 0 aliphatic carbocycles. The molecular formula is C30H18FN3O3S. The maximum Gasteiger partial charge on any atom is 0.280 e. The second-order valence-electron chi connectivity index (χ2n) is 8.43. The molecular weight excluding hydrogens is 501 g/mol. The van der Waals surface area contributed by atoms with Crippen LogP contribution in [-0.2, 0) is 0 Å². The largest absolute Gasteiger partial charge is 0.463 e. The number of anilines is 1. The molecule has 0 saturated heterocycles. The van der Waals surface area contributed by atoms with Crippen LogP contribution in [0.1, 0.15) is 15.9 Å². The van der Waals surface area contributed by atoms with Crippen molar-refractivity contribution >= 4 is 49.8 Å². The van der Waals surface area contributed by atoms with Crippen LogP contribution in [0.3, 0.4) is 0 Å². The van der Waals surface area contributed by atoms with E-state index in [1.807, 2.05) is 42.5 Å². The van der Waals surface area contributed by atoms with Crippen LogP contribution in [0.25, 0.3) is 32.3 Å². The Morgan fingerprint density at radius 3 is 2.47 bits per heavy atom. The number of benzene rings is 4. The molecule has 2 heterocycles. The first kappa shape index (κ1) is 23.4. The quantitative estimate of drug-likeness (QED) is 0.184. The number of hydrogen-bond donors (Lipinski definition) is 0. The lowest BCUT2D eigenvalue weighted by Crippen LogP contribution is -2.26. The SMILES string of the molecule is O=C(c1ccc(-c2ccccc2)cc1)N(/N=C/c1coc2ccccc2c1=O)c1nc2ccc(F)cc2s1. The average molecular weight is 520 g/mol. The predicted octanol–water partition coefficient (Wildman–Crippen LogP) is 6.89. The number of hydrogen-bond acceptors (Lipinski definition) is 6. The highest BCUT2D eigenvalue weighted by Crippen LogP contribution is 2.31. The Bertz CT molecular complexity index is 1880. The van der Waals surface area contributed by atoms with Crippen molar-refractivity contribution < 1.29 is 13.6 Å². The molecule has 8 heteroatoms. The summed E-state index contributed by atoms with van der Waals surface area (Å²) in [5.74, 6) is -0.857. The first-order valence-corrected chi connectivity index (χ1v) is 12.5. The third kappa shape index (κ3) is 4.49. The first-order chi connectivity index (χ1) is 18.6. The topological polar surface area (TPSA) is 75.8 Å². The Morgan fingerprint density at radius 2 is 1.66 bits per heavy atom. The van der Waals surface area contributed by atoms with Crippen LogP contribution >= 0.6 is 11.3 Å². The van der Waals surface area contributed by atoms with Gasteiger partial charge in [-0.1, -0.05) is 65.9 Å². The smallest absolute Gasteiger partial charge is 0.280 e. The van der Waals surface area contributed by atoms with Crippen molar-refractivity contribution in [2.45, 2.75) is 0 Å². The van der Waals surface area contributed by atoms with Crippen LogP contribution in [0.5, 0.6) is 0 Å². The Labute approximate surface area is 219 Å². The average Bonchev–Trinajstić information content (AvgIpc) is 3.37. The number of aromatic nitrogens is 1. The van der Waals surface area contributed by atoms with Gasteiger partial charge in [-0.15, -0.1) is 0 Å². The number of carbonyl (C=O) groups is 1. The van der Waals surface area contributed by atoms with Crippen LogP contribution in [0, 0.1) is 5.82 Å². The molecule has 0 aliphatic heterocycles. The third-order valence-corrected chi connectivity index (χ3v) is 6.96. The van der Waals surface area contributed by atoms with Crippen molar-refractivity contribution in [3.05, 3.63) is 130 Å². The fraction of sp³-hybridized carbons (Fsp3) is 0. The minimum absolute atomic E-state index is 0.174. The minimum atomic E-state index is -0.453. The van der Waals surface area contributed by atoms with E-state index in [1.54, 1.807) is 42.5 Å². The Morgan fingerprint density at radius 1 is 0.921 bits per heavy atom. The van der Waals surface area contributed by atoms with Gasteiger partial charge in [0.1, 0.15) is 17.7 Å². The van der Waals surface area contributed by atoms with E-state index >= 15 is 0 Å². The van der Waals surface area contributed by atoms with Crippen LogP contribution in [0.2, 0.25) is 0 Å². The molecule has 0 fully saturated rings. The molecule has 184 valence electrons. The van der Waals surface area contributed by atoms with Gasteiger partial charge in [-0.25, -0.2) is 9.37 Å². The van der Waals surface area contributed by atoms with E-state index in [-0.39, 0.29) is 16.1 Å². The summed E-state index contributed by atoms with van der Waals surface area (Å²) in [4.78, 5) is 31.1. The number of fused-ring (bicyclic) bond motifs is 2. The van der Waals surface area contributed by atoms with E-state index in [4.69, 9.17) is 4.42 Å². The van der Waals surface area contributed by atoms with Crippen molar-refractivity contribution in [3.8, 4) is 11.1 Å². The number of nitrogens with zero attached hydrogens (tertiary/aromatic N) is 3. The second kappa shape index (κ2) is 9.84. The molecule has 2 aromatic heterocycles. The maximum absolute atomic E-state index is 13.8. The van der Waals surface area contributed by atoms with E-state index in [9.17, 15) is 14.0 Å². The molecule has 6 aromatic rings. The zero-order chi connectivity index (χ0) is 26.1. The number of para-hydroxylation sites is 1. The summed E-state index contributed by atoms with van der Waals surface area (Å²) < 4.78 is 20.0. The fourth-order valence-electron chi connectivity index (χ4n) is 4.03. The van der Waals surface area contributed by atoms with Crippen LogP contribution in [0.15, 0.2) is 118 Å². The summed E-state index contributed by atoms with van der Waals surface area (Å²) in [6.07, 6.45) is 2.58. The molecule has 0 N–H and O–H groups in total. The molecule has 38 heavy (non-hydrogen) atoms. The van der Waals surface area contributed by atoms with Gasteiger partial charge in [-0.2, -0.15) is 10.1 Å². The van der Waals surface area contributed by atoms with Crippen molar-refractivity contribution in [2.24, 2.45) is 5.10 Å². The van der Waals surface area contributed by atoms with E-state index in [2.05, 4.69) is 10.1 Å². The van der Waals surface area contributed by atoms with Crippen LogP contribution in [0.4, 0.5) is 9.52 Å². The molecule has 0 unspecified atom stereocenters. The normalized spacial score (nSPS) is 11.4. The van der Waals surface area contributed by atoms with Gasteiger partial charge in [0.25, 0.3) is 5.91 Å². The number of thiazole rings is 1. The molecule has 0 saturated carbocycles. The highest BCUT2D eigenvalue weighted by molar-refractivity contribution is 7.22. The molecule has 0 bridgehead atoms. The van der Waals surface area contributed by atoms with Crippen molar-refractivity contribution in [3.63, 3.8) is 0 Å². The van der Waals surface area contributed by atoms with Gasteiger partial charge in [0.05, 0.1) is 27.4 Å². The van der Waals surface area contributed by atoms with Crippen molar-refractivity contribution in [2.75, 3.05) is 5.01 Å². The summed E-state index contributed by atoms with van der Waals surface area (Å²) in [6, 6.07) is 28.1. The third-order valence-electron chi connectivity index (χ3n) is 5.97. The van der Waals surface area contributed by atoms with Crippen LogP contribution < -0.4 is 10.4 Å². The molecule has 6 rings (SSSR count). The fourth-order valence-corrected chi connectivity index (χ4v) is 4.97. The monoisotopic (exact) mass is 519 g/mol. The van der Waals surface area contributed by atoms with Crippen molar-refractivity contribution in [1.29, 1.82) is 0 Å². The zero-order valence-electron chi connectivity index (χ0n) is 19.7. The van der Waals surface area contributed by atoms with Gasteiger partial charge >= 0.3 is 0 Å². The van der Waals surface area contributed by atoms with Crippen molar-refractivity contribution in [1.82, 2.24) is 4.98 Å². The standard InChI is InChI=1S/C30H18FN3O3S/c31-23-14-15-25-27(16-23)38-30(33-25)34(32-17-22-18-37-26-9-5-4-8-24(26)28(22)35)29(36)21-12-10-20(11-13-21)19-6-2-1-3-7-19/h1-18H/b32-17+. The molecule has 0 spiro atoms. The number of amides is 1. The Kier molecular flexibility index (Phi) is 6.07. The molecule has 0 aliphatic rings. The van der Waals surface area contributed by atoms with Gasteiger partial charge in [-0.05, 0) is 53.6 Å². The summed E-state index contributed by atoms with van der Waals surface area (Å²) >= 11 is 1.12. The zero-order valence-corrected chi connectivity index (χ0v) is 20.6. The Balaban J connectivity index is 1.40. The first-order valence-electron chi connectivity index (χ1n) is 11.7. The number of hydrazone groups is 1. The van der Waals surface area contributed by atoms with Gasteiger partial charge in [0, 0.05) is 5.56 Å². The molecule has 0 radical (unpaired) electrons. The molecule has 1 amide bonds. The molecule has 6 nitrogen and oxygen atoms in total. The van der Waals surface area contributed by atoms with E-state index < -0.39 is 11.7 Å². The summed E-state index contributed by atoms with van der Waals surface area (Å²) in [7, 11) is 0. The van der Waals surface area contributed by atoms with Gasteiger partial charge in [0.15, 0.2) is 0 Å². The lowest BCUT2D eigenvalue weighted by Gasteiger charge is -2.14. The maximum atomic E-state index is 13.8. The lowest BCUT2D eigenvalue weighted by molar-refractivity contribution is 0.0988. The predicted molar refractivity (Wildman–Crippen MR) is 148 cm³/mol. The van der Waals surface area contributed by atoms with E-state index in [0.717, 1.165) is 27.5 Å². The van der Waals surface area contributed by atoms with Gasteiger partial charge in [0.2, 0.25) is 10.6 Å². The summed E-state index contributed by atoms with van der Waals surface area (Å²) in [5, 5.41) is 6.12. The van der Waals surface area contributed by atoms with E-state index in [0.29, 0.717) is 26.7 Å². The Hall–Kier alpha value is -4.95. The molecule has 0 atom stereocenters. The van der Waals surface area contributed by atoms with E-state index in [1.165, 1.54) is 24.6 Å². The number of rotatable bonds is 5. The lowest BCUT2D eigenvalue weighted by atomic mass is 10.0. The highest BCUT2D eigenvalue weighted by Gasteiger charge is 2.22. The second-order valence-corrected chi connectivity index (χ2v) is 9.44.